The molecule has 4 saturated heterocycles. The molecule has 10 nitrogen and oxygen atoms in total. The van der Waals surface area contributed by atoms with E-state index in [4.69, 9.17) is 18.9 Å². The Kier molecular flexibility index (Phi) is 34.3. The summed E-state index contributed by atoms with van der Waals surface area (Å²) >= 11 is 0. The molecule has 0 N–H and O–H groups in total. The van der Waals surface area contributed by atoms with Crippen LogP contribution in [0, 0.1) is 23.7 Å². The minimum atomic E-state index is 0.202. The second-order valence-electron chi connectivity index (χ2n) is 24.5. The zero-order valence-electron chi connectivity index (χ0n) is 52.1. The molecule has 0 bridgehead atoms. The summed E-state index contributed by atoms with van der Waals surface area (Å²) in [5.74, 6) is 7.63. The van der Waals surface area contributed by atoms with E-state index < -0.39 is 0 Å². The van der Waals surface area contributed by atoms with E-state index >= 15 is 0 Å². The van der Waals surface area contributed by atoms with Gasteiger partial charge < -0.3 is 33.6 Å². The monoisotopic (exact) mass is 1120 g/mol. The third-order valence-electron chi connectivity index (χ3n) is 16.5. The predicted octanol–water partition coefficient (Wildman–Crippen LogP) is 15.3. The second-order valence-corrected chi connectivity index (χ2v) is 24.5. The van der Waals surface area contributed by atoms with Gasteiger partial charge in [-0.1, -0.05) is 107 Å². The summed E-state index contributed by atoms with van der Waals surface area (Å²) in [6, 6.07) is 41.9. The van der Waals surface area contributed by atoms with Crippen LogP contribution in [0.2, 0.25) is 0 Å². The molecule has 0 radical (unpaired) electrons. The van der Waals surface area contributed by atoms with Crippen molar-refractivity contribution in [3.05, 3.63) is 121 Å². The van der Waals surface area contributed by atoms with Crippen molar-refractivity contribution in [3.8, 4) is 23.0 Å². The average molecular weight is 1120 g/mol. The third kappa shape index (κ3) is 30.5. The molecular weight excluding hydrogens is 1000 g/mol. The van der Waals surface area contributed by atoms with Gasteiger partial charge in [0, 0.05) is 71.4 Å². The van der Waals surface area contributed by atoms with E-state index in [1.165, 1.54) is 129 Å². The number of amides is 1. The molecule has 81 heavy (non-hydrogen) atoms. The van der Waals surface area contributed by atoms with Crippen LogP contribution in [-0.2, 0) is 4.79 Å². The van der Waals surface area contributed by atoms with Crippen LogP contribution < -0.4 is 18.9 Å². The molecule has 4 fully saturated rings. The lowest BCUT2D eigenvalue weighted by atomic mass is 9.92. The van der Waals surface area contributed by atoms with Crippen molar-refractivity contribution in [2.24, 2.45) is 23.7 Å². The quantitative estimate of drug-likeness (QED) is 0.0517. The van der Waals surface area contributed by atoms with E-state index in [2.05, 4.69) is 61.1 Å². The van der Waals surface area contributed by atoms with Crippen molar-refractivity contribution in [1.82, 2.24) is 24.5 Å². The number of para-hydroxylation sites is 4. The summed E-state index contributed by atoms with van der Waals surface area (Å²) in [5.41, 5.74) is 0. The summed E-state index contributed by atoms with van der Waals surface area (Å²) < 4.78 is 22.8. The minimum absolute atomic E-state index is 0.202. The predicted molar refractivity (Wildman–Crippen MR) is 340 cm³/mol. The number of nitrogens with zero attached hydrogens (tertiary/aromatic N) is 5. The number of hydrogen-bond acceptors (Lipinski definition) is 9. The van der Waals surface area contributed by atoms with Crippen LogP contribution in [0.5, 0.6) is 23.0 Å². The van der Waals surface area contributed by atoms with Gasteiger partial charge in [-0.3, -0.25) is 14.6 Å². The molecule has 8 rings (SSSR count). The Balaban J connectivity index is 0.000000198. The van der Waals surface area contributed by atoms with Crippen LogP contribution >= 0.6 is 0 Å². The maximum atomic E-state index is 11.2. The van der Waals surface area contributed by atoms with Crippen LogP contribution in [-0.4, -0.2) is 147 Å². The van der Waals surface area contributed by atoms with Crippen LogP contribution in [0.15, 0.2) is 121 Å². The molecule has 0 aromatic heterocycles. The zero-order chi connectivity index (χ0) is 57.5. The van der Waals surface area contributed by atoms with Crippen molar-refractivity contribution in [3.63, 3.8) is 0 Å². The molecular formula is C71H113N5O5. The fraction of sp³-hybridized carbons (Fsp3) is 0.648. The summed E-state index contributed by atoms with van der Waals surface area (Å²) in [7, 11) is 0. The van der Waals surface area contributed by atoms with Gasteiger partial charge in [-0.05, 0) is 215 Å². The number of ether oxygens (including phenoxy) is 4. The largest absolute Gasteiger partial charge is 0.494 e. The number of unbranched alkanes of at least 4 members (excludes halogenated alkanes) is 8. The van der Waals surface area contributed by atoms with E-state index in [0.717, 1.165) is 144 Å². The van der Waals surface area contributed by atoms with Gasteiger partial charge in [0.15, 0.2) is 0 Å². The molecule has 4 heterocycles. The first-order valence-electron chi connectivity index (χ1n) is 32.4. The lowest BCUT2D eigenvalue weighted by Gasteiger charge is -2.39. The topological polar surface area (TPSA) is 70.2 Å². The highest BCUT2D eigenvalue weighted by Gasteiger charge is 2.25. The maximum absolute atomic E-state index is 11.2. The van der Waals surface area contributed by atoms with Crippen LogP contribution in [0.4, 0.5) is 0 Å². The first kappa shape index (κ1) is 67.2. The van der Waals surface area contributed by atoms with E-state index in [1.54, 1.807) is 6.92 Å². The maximum Gasteiger partial charge on any atom is 0.219 e. The molecule has 10 heteroatoms. The minimum Gasteiger partial charge on any atom is -0.494 e. The third-order valence-corrected chi connectivity index (χ3v) is 16.5. The van der Waals surface area contributed by atoms with Gasteiger partial charge in [-0.15, -0.1) is 0 Å². The lowest BCUT2D eigenvalue weighted by molar-refractivity contribution is -0.130. The van der Waals surface area contributed by atoms with Crippen molar-refractivity contribution in [1.29, 1.82) is 0 Å². The highest BCUT2D eigenvalue weighted by molar-refractivity contribution is 5.73. The molecule has 6 atom stereocenters. The van der Waals surface area contributed by atoms with Crippen molar-refractivity contribution in [2.45, 2.75) is 170 Å². The average Bonchev–Trinajstić information content (AvgIpc) is 3.46. The number of piperazine rings is 1. The van der Waals surface area contributed by atoms with Gasteiger partial charge >= 0.3 is 0 Å². The summed E-state index contributed by atoms with van der Waals surface area (Å²) in [5, 5.41) is 0. The Bertz CT molecular complexity index is 2010. The highest BCUT2D eigenvalue weighted by atomic mass is 16.5. The molecule has 4 aromatic rings. The van der Waals surface area contributed by atoms with Crippen molar-refractivity contribution >= 4 is 5.91 Å². The number of rotatable bonds is 28. The summed E-state index contributed by atoms with van der Waals surface area (Å²) in [6.07, 6.45) is 21.7. The Morgan fingerprint density at radius 3 is 0.988 bits per heavy atom. The zero-order valence-corrected chi connectivity index (χ0v) is 52.1. The van der Waals surface area contributed by atoms with Gasteiger partial charge in [-0.25, -0.2) is 0 Å². The number of benzene rings is 4. The molecule has 452 valence electrons. The molecule has 0 unspecified atom stereocenters. The fourth-order valence-corrected chi connectivity index (χ4v) is 12.4. The smallest absolute Gasteiger partial charge is 0.219 e. The van der Waals surface area contributed by atoms with E-state index in [9.17, 15) is 4.79 Å². The molecule has 4 aliphatic rings. The van der Waals surface area contributed by atoms with Crippen LogP contribution in [0.1, 0.15) is 158 Å². The van der Waals surface area contributed by atoms with Gasteiger partial charge in [0.25, 0.3) is 0 Å². The highest BCUT2D eigenvalue weighted by Crippen LogP contribution is 2.25. The SMILES string of the molecule is CC(=O)N1CCN(CCCCCOc2ccccc2)CC1.C[C@@H]1CCC[C@H](C)N1CCCCCOc1ccccc1.C[C@@H]1C[C@H](C)CN(CCCCCOc2ccccc2)C1.C[C@H]1C[C@H](C)CN(CCCCCOc2ccccc2)C1. The molecule has 0 aliphatic carbocycles. The Hall–Kier alpha value is -4.61. The number of carbonyl (C=O) groups is 1. The van der Waals surface area contributed by atoms with E-state index in [-0.39, 0.29) is 5.91 Å². The van der Waals surface area contributed by atoms with E-state index in [1.807, 2.05) is 126 Å². The Morgan fingerprint density at radius 2 is 0.679 bits per heavy atom. The molecule has 1 amide bonds. The normalized spacial score (nSPS) is 21.7. The molecule has 0 spiro atoms. The Morgan fingerprint density at radius 1 is 0.383 bits per heavy atom. The molecule has 0 saturated carbocycles. The number of piperidine rings is 3. The fourth-order valence-electron chi connectivity index (χ4n) is 12.4. The van der Waals surface area contributed by atoms with Crippen molar-refractivity contribution in [2.75, 3.05) is 105 Å². The summed E-state index contributed by atoms with van der Waals surface area (Å²) in [4.78, 5) is 23.6. The van der Waals surface area contributed by atoms with Crippen LogP contribution in [0.25, 0.3) is 0 Å². The standard InChI is InChI=1S/3C18H29NO.C17H26N2O2/c1-16-10-9-11-17(2)19(16)14-7-4-8-15-20-18-12-5-3-6-13-18;2*1-16-13-17(2)15-19(14-16)11-7-4-8-12-20-18-9-5-3-6-10-18;1-16(20)19-13-11-18(12-14-19)10-6-3-7-15-21-17-8-4-2-5-9-17/h3,5-6,12-13,16-17H,4,7-11,14-15H2,1-2H3;2*3,5-6,9-10,16-17H,4,7-8,11-15H2,1-2H3;2,4-5,8-9H,3,6-7,10-15H2,1H3/t2*16-,17+;16-,17-;/m..0./s1. The first-order valence-corrected chi connectivity index (χ1v) is 32.4. The second kappa shape index (κ2) is 41.4. The number of hydrogen-bond donors (Lipinski definition) is 0. The van der Waals surface area contributed by atoms with Gasteiger partial charge in [-0.2, -0.15) is 0 Å². The van der Waals surface area contributed by atoms with Crippen LogP contribution in [0.3, 0.4) is 0 Å². The molecule has 4 aliphatic heterocycles. The lowest BCUT2D eigenvalue weighted by Crippen LogP contribution is -2.48. The number of carbonyl (C=O) groups excluding carboxylic acids is 1. The van der Waals surface area contributed by atoms with Gasteiger partial charge in [0.1, 0.15) is 23.0 Å². The molecule has 4 aromatic carbocycles. The van der Waals surface area contributed by atoms with Gasteiger partial charge in [0.2, 0.25) is 5.91 Å². The van der Waals surface area contributed by atoms with E-state index in [0.29, 0.717) is 0 Å². The number of likely N-dealkylation sites (tertiary alicyclic amines) is 3. The summed E-state index contributed by atoms with van der Waals surface area (Å²) in [6.45, 7) is 33.2. The Labute approximate surface area is 494 Å². The van der Waals surface area contributed by atoms with Gasteiger partial charge in [0.05, 0.1) is 26.4 Å². The van der Waals surface area contributed by atoms with Crippen molar-refractivity contribution < 1.29 is 23.7 Å². The first-order chi connectivity index (χ1) is 39.5.